The van der Waals surface area contributed by atoms with Gasteiger partial charge in [-0.05, 0) is 12.0 Å². The minimum absolute atomic E-state index is 0.201. The summed E-state index contributed by atoms with van der Waals surface area (Å²) >= 11 is 6.00. The van der Waals surface area contributed by atoms with Gasteiger partial charge in [0.1, 0.15) is 0 Å². The quantitative estimate of drug-likeness (QED) is 0.641. The number of ether oxygens (including phenoxy) is 1. The summed E-state index contributed by atoms with van der Waals surface area (Å²) in [5, 5.41) is 0.778. The molecular weight excluding hydrogens is 188 g/mol. The molecule has 0 radical (unpaired) electrons. The van der Waals surface area contributed by atoms with Crippen molar-refractivity contribution in [2.45, 2.75) is 19.8 Å². The summed E-state index contributed by atoms with van der Waals surface area (Å²) < 4.78 is 4.64. The van der Waals surface area contributed by atoms with Gasteiger partial charge in [0.25, 0.3) is 0 Å². The van der Waals surface area contributed by atoms with E-state index in [1.165, 1.54) is 7.11 Å². The number of carbonyl (C=O) groups is 1. The second kappa shape index (κ2) is 4.47. The SMILES string of the molecule is CCC1=C(Cl)CC(C(=O)OC)C=C1. The molecule has 0 aromatic heterocycles. The van der Waals surface area contributed by atoms with Crippen LogP contribution in [0.15, 0.2) is 22.8 Å². The lowest BCUT2D eigenvalue weighted by Gasteiger charge is -2.16. The molecule has 0 heterocycles. The molecule has 1 aliphatic rings. The molecule has 0 amide bonds. The molecular formula is C10H13ClO2. The first kappa shape index (κ1) is 10.3. The molecule has 1 aliphatic carbocycles. The zero-order chi connectivity index (χ0) is 9.84. The standard InChI is InChI=1S/C10H13ClO2/c1-3-7-4-5-8(6-9(7)11)10(12)13-2/h4-5,8H,3,6H2,1-2H3. The molecule has 1 unspecified atom stereocenters. The smallest absolute Gasteiger partial charge is 0.312 e. The number of allylic oxidation sites excluding steroid dienone is 3. The van der Waals surface area contributed by atoms with E-state index >= 15 is 0 Å². The second-order valence-electron chi connectivity index (χ2n) is 2.98. The Hall–Kier alpha value is -0.760. The predicted octanol–water partition coefficient (Wildman–Crippen LogP) is 2.64. The number of hydrogen-bond donors (Lipinski definition) is 0. The summed E-state index contributed by atoms with van der Waals surface area (Å²) in [5.41, 5.74) is 1.11. The van der Waals surface area contributed by atoms with Crippen molar-refractivity contribution in [3.8, 4) is 0 Å². The molecule has 0 N–H and O–H groups in total. The van der Waals surface area contributed by atoms with Gasteiger partial charge in [0.15, 0.2) is 0 Å². The van der Waals surface area contributed by atoms with Crippen molar-refractivity contribution >= 4 is 17.6 Å². The lowest BCUT2D eigenvalue weighted by Crippen LogP contribution is -2.16. The summed E-state index contributed by atoms with van der Waals surface area (Å²) in [6.45, 7) is 2.04. The van der Waals surface area contributed by atoms with Gasteiger partial charge in [-0.1, -0.05) is 30.7 Å². The van der Waals surface area contributed by atoms with Crippen molar-refractivity contribution in [1.29, 1.82) is 0 Å². The van der Waals surface area contributed by atoms with E-state index in [0.717, 1.165) is 17.0 Å². The van der Waals surface area contributed by atoms with Gasteiger partial charge in [-0.15, -0.1) is 0 Å². The fourth-order valence-corrected chi connectivity index (χ4v) is 1.70. The Morgan fingerprint density at radius 2 is 2.46 bits per heavy atom. The van der Waals surface area contributed by atoms with Gasteiger partial charge in [0.2, 0.25) is 0 Å². The monoisotopic (exact) mass is 200 g/mol. The first-order valence-corrected chi connectivity index (χ1v) is 4.70. The third-order valence-electron chi connectivity index (χ3n) is 2.16. The first-order chi connectivity index (χ1) is 6.19. The third kappa shape index (κ3) is 2.34. The van der Waals surface area contributed by atoms with E-state index in [1.807, 2.05) is 19.1 Å². The van der Waals surface area contributed by atoms with E-state index in [9.17, 15) is 4.79 Å². The maximum Gasteiger partial charge on any atom is 0.312 e. The van der Waals surface area contributed by atoms with Gasteiger partial charge in [-0.25, -0.2) is 0 Å². The maximum atomic E-state index is 11.2. The van der Waals surface area contributed by atoms with Crippen LogP contribution >= 0.6 is 11.6 Å². The number of methoxy groups -OCH3 is 1. The minimum atomic E-state index is -0.218. The highest BCUT2D eigenvalue weighted by Crippen LogP contribution is 2.28. The molecule has 0 fully saturated rings. The van der Waals surface area contributed by atoms with Crippen LogP contribution in [-0.2, 0) is 9.53 Å². The van der Waals surface area contributed by atoms with E-state index < -0.39 is 0 Å². The van der Waals surface area contributed by atoms with Crippen molar-refractivity contribution in [3.05, 3.63) is 22.8 Å². The van der Waals surface area contributed by atoms with Crippen molar-refractivity contribution in [2.24, 2.45) is 5.92 Å². The normalized spacial score (nSPS) is 21.9. The third-order valence-corrected chi connectivity index (χ3v) is 2.56. The maximum absolute atomic E-state index is 11.2. The van der Waals surface area contributed by atoms with Crippen LogP contribution in [0.2, 0.25) is 0 Å². The average molecular weight is 201 g/mol. The van der Waals surface area contributed by atoms with E-state index in [2.05, 4.69) is 4.74 Å². The van der Waals surface area contributed by atoms with Gasteiger partial charge in [0.05, 0.1) is 13.0 Å². The molecule has 1 atom stereocenters. The van der Waals surface area contributed by atoms with Crippen LogP contribution in [-0.4, -0.2) is 13.1 Å². The predicted molar refractivity (Wildman–Crippen MR) is 52.4 cm³/mol. The molecule has 0 bridgehead atoms. The fraction of sp³-hybridized carbons (Fsp3) is 0.500. The Kier molecular flexibility index (Phi) is 3.55. The molecule has 0 aliphatic heterocycles. The number of esters is 1. The summed E-state index contributed by atoms with van der Waals surface area (Å²) in [5.74, 6) is -0.419. The molecule has 0 aromatic carbocycles. The highest BCUT2D eigenvalue weighted by molar-refractivity contribution is 6.30. The van der Waals surface area contributed by atoms with Gasteiger partial charge in [-0.3, -0.25) is 4.79 Å². The molecule has 1 rings (SSSR count). The average Bonchev–Trinajstić information content (AvgIpc) is 2.16. The number of carbonyl (C=O) groups excluding carboxylic acids is 1. The Morgan fingerprint density at radius 3 is 2.92 bits per heavy atom. The van der Waals surface area contributed by atoms with Gasteiger partial charge in [-0.2, -0.15) is 0 Å². The zero-order valence-corrected chi connectivity index (χ0v) is 8.60. The molecule has 0 spiro atoms. The Labute approximate surface area is 83.2 Å². The van der Waals surface area contributed by atoms with Crippen LogP contribution in [0.5, 0.6) is 0 Å². The molecule has 3 heteroatoms. The van der Waals surface area contributed by atoms with Crippen LogP contribution in [0.1, 0.15) is 19.8 Å². The van der Waals surface area contributed by atoms with E-state index in [1.54, 1.807) is 0 Å². The van der Waals surface area contributed by atoms with Crippen LogP contribution < -0.4 is 0 Å². The molecule has 0 saturated carbocycles. The number of halogens is 1. The Morgan fingerprint density at radius 1 is 1.77 bits per heavy atom. The Bertz CT molecular complexity index is 266. The largest absolute Gasteiger partial charge is 0.469 e. The summed E-state index contributed by atoms with van der Waals surface area (Å²) in [7, 11) is 1.39. The summed E-state index contributed by atoms with van der Waals surface area (Å²) in [4.78, 5) is 11.2. The highest BCUT2D eigenvalue weighted by Gasteiger charge is 2.21. The van der Waals surface area contributed by atoms with Gasteiger partial charge >= 0.3 is 5.97 Å². The number of rotatable bonds is 2. The molecule has 72 valence electrons. The highest BCUT2D eigenvalue weighted by atomic mass is 35.5. The van der Waals surface area contributed by atoms with Crippen LogP contribution in [0.4, 0.5) is 0 Å². The van der Waals surface area contributed by atoms with Crippen molar-refractivity contribution in [3.63, 3.8) is 0 Å². The van der Waals surface area contributed by atoms with E-state index in [-0.39, 0.29) is 11.9 Å². The van der Waals surface area contributed by atoms with Crippen LogP contribution in [0.3, 0.4) is 0 Å². The lowest BCUT2D eigenvalue weighted by molar-refractivity contribution is -0.143. The lowest BCUT2D eigenvalue weighted by atomic mass is 9.95. The molecule has 2 nitrogen and oxygen atoms in total. The topological polar surface area (TPSA) is 26.3 Å². The first-order valence-electron chi connectivity index (χ1n) is 4.32. The number of hydrogen-bond acceptors (Lipinski definition) is 2. The minimum Gasteiger partial charge on any atom is -0.469 e. The van der Waals surface area contributed by atoms with Gasteiger partial charge in [0, 0.05) is 11.5 Å². The fourth-order valence-electron chi connectivity index (χ4n) is 1.34. The van der Waals surface area contributed by atoms with Gasteiger partial charge < -0.3 is 4.74 Å². The van der Waals surface area contributed by atoms with Crippen LogP contribution in [0.25, 0.3) is 0 Å². The van der Waals surface area contributed by atoms with Crippen molar-refractivity contribution < 1.29 is 9.53 Å². The van der Waals surface area contributed by atoms with E-state index in [0.29, 0.717) is 6.42 Å². The van der Waals surface area contributed by atoms with E-state index in [4.69, 9.17) is 11.6 Å². The second-order valence-corrected chi connectivity index (χ2v) is 3.43. The summed E-state index contributed by atoms with van der Waals surface area (Å²) in [6, 6.07) is 0. The van der Waals surface area contributed by atoms with Crippen LogP contribution in [0, 0.1) is 5.92 Å². The molecule has 13 heavy (non-hydrogen) atoms. The van der Waals surface area contributed by atoms with Crippen molar-refractivity contribution in [1.82, 2.24) is 0 Å². The summed E-state index contributed by atoms with van der Waals surface area (Å²) in [6.07, 6.45) is 5.25. The van der Waals surface area contributed by atoms with Crippen molar-refractivity contribution in [2.75, 3.05) is 7.11 Å². The molecule has 0 saturated heterocycles. The molecule has 0 aromatic rings. The Balaban J connectivity index is 2.70. The zero-order valence-electron chi connectivity index (χ0n) is 7.84.